The maximum atomic E-state index is 13.3. The van der Waals surface area contributed by atoms with Gasteiger partial charge in [-0.1, -0.05) is 0 Å². The number of nitrogens with one attached hydrogen (secondary N) is 1. The van der Waals surface area contributed by atoms with Crippen LogP contribution in [0.1, 0.15) is 10.5 Å². The average Bonchev–Trinajstić information content (AvgIpc) is 2.22. The first-order valence-corrected chi connectivity index (χ1v) is 6.37. The van der Waals surface area contributed by atoms with E-state index in [0.717, 1.165) is 6.07 Å². The molecule has 1 aromatic rings. The van der Waals surface area contributed by atoms with E-state index in [0.29, 0.717) is 4.47 Å². The summed E-state index contributed by atoms with van der Waals surface area (Å²) < 4.78 is 49.0. The highest BCUT2D eigenvalue weighted by atomic mass is 79.9. The lowest BCUT2D eigenvalue weighted by Crippen LogP contribution is -2.28. The Labute approximate surface area is 112 Å². The Morgan fingerprint density at radius 3 is 2.72 bits per heavy atom. The second-order valence-corrected chi connectivity index (χ2v) is 5.11. The molecule has 0 aliphatic heterocycles. The molecule has 1 aromatic heterocycles. The molecule has 1 N–H and O–H groups in total. The van der Waals surface area contributed by atoms with Crippen LogP contribution in [0.15, 0.2) is 16.7 Å². The predicted octanol–water partition coefficient (Wildman–Crippen LogP) is 2.97. The second-order valence-electron chi connectivity index (χ2n) is 3.03. The molecule has 1 amide bonds. The monoisotopic (exact) mass is 346 g/mol. The number of alkyl halides is 3. The molecule has 100 valence electrons. The van der Waals surface area contributed by atoms with E-state index in [2.05, 4.69) is 26.2 Å². The number of pyridine rings is 1. The highest BCUT2D eigenvalue weighted by Crippen LogP contribution is 2.29. The summed E-state index contributed by atoms with van der Waals surface area (Å²) >= 11 is 2.71. The summed E-state index contributed by atoms with van der Waals surface area (Å²) in [5.41, 5.74) is -4.79. The number of thioether (sulfide) groups is 1. The van der Waals surface area contributed by atoms with E-state index >= 15 is 0 Å². The molecule has 3 nitrogen and oxygen atoms in total. The molecule has 9 heteroatoms. The van der Waals surface area contributed by atoms with E-state index in [9.17, 15) is 22.4 Å². The summed E-state index contributed by atoms with van der Waals surface area (Å²) in [6.45, 7) is -0.222. The maximum Gasteiger partial charge on any atom is 0.441 e. The van der Waals surface area contributed by atoms with Crippen molar-refractivity contribution >= 4 is 33.6 Å². The van der Waals surface area contributed by atoms with Gasteiger partial charge in [0.15, 0.2) is 11.5 Å². The molecule has 1 heterocycles. The third kappa shape index (κ3) is 5.21. The number of halogens is 5. The van der Waals surface area contributed by atoms with Gasteiger partial charge in [-0.25, -0.2) is 9.37 Å². The van der Waals surface area contributed by atoms with Crippen molar-refractivity contribution in [1.29, 1.82) is 0 Å². The van der Waals surface area contributed by atoms with E-state index in [1.165, 1.54) is 6.20 Å². The number of hydrogen-bond donors (Lipinski definition) is 1. The van der Waals surface area contributed by atoms with Crippen molar-refractivity contribution < 1.29 is 22.4 Å². The van der Waals surface area contributed by atoms with Crippen molar-refractivity contribution in [3.63, 3.8) is 0 Å². The largest absolute Gasteiger partial charge is 0.441 e. The lowest BCUT2D eigenvalue weighted by Gasteiger charge is -2.07. The van der Waals surface area contributed by atoms with Gasteiger partial charge in [0.25, 0.3) is 5.91 Å². The standard InChI is InChI=1S/C9H7BrF4N2OS/c10-5-3-6(11)7(16-4-5)8(17)15-1-2-18-9(12,13)14/h3-4H,1-2H2,(H,15,17). The number of amides is 1. The summed E-state index contributed by atoms with van der Waals surface area (Å²) in [5, 5.41) is 2.15. The van der Waals surface area contributed by atoms with Crippen LogP contribution in [-0.2, 0) is 0 Å². The number of nitrogens with zero attached hydrogens (tertiary/aromatic N) is 1. The van der Waals surface area contributed by atoms with Gasteiger partial charge in [-0.15, -0.1) is 0 Å². The fraction of sp³-hybridized carbons (Fsp3) is 0.333. The molecule has 0 unspecified atom stereocenters. The van der Waals surface area contributed by atoms with E-state index in [1.54, 1.807) is 0 Å². The number of aromatic nitrogens is 1. The number of carbonyl (C=O) groups is 1. The molecule has 0 aliphatic carbocycles. The second kappa shape index (κ2) is 6.37. The first-order valence-electron chi connectivity index (χ1n) is 4.59. The molecule has 0 fully saturated rings. The van der Waals surface area contributed by atoms with Crippen molar-refractivity contribution in [3.05, 3.63) is 28.2 Å². The fourth-order valence-electron chi connectivity index (χ4n) is 0.997. The Kier molecular flexibility index (Phi) is 5.39. The molecule has 0 aliphatic rings. The Morgan fingerprint density at radius 1 is 1.50 bits per heavy atom. The first kappa shape index (κ1) is 15.2. The molecular weight excluding hydrogens is 340 g/mol. The molecule has 0 radical (unpaired) electrons. The van der Waals surface area contributed by atoms with E-state index in [1.807, 2.05) is 0 Å². The Hall–Kier alpha value is -0.830. The lowest BCUT2D eigenvalue weighted by atomic mass is 10.3. The zero-order valence-electron chi connectivity index (χ0n) is 8.72. The number of hydrogen-bond acceptors (Lipinski definition) is 3. The summed E-state index contributed by atoms with van der Waals surface area (Å²) in [4.78, 5) is 14.9. The Morgan fingerprint density at radius 2 is 2.17 bits per heavy atom. The van der Waals surface area contributed by atoms with Crippen LogP contribution >= 0.6 is 27.7 Å². The van der Waals surface area contributed by atoms with Gasteiger partial charge in [-0.2, -0.15) is 13.2 Å². The van der Waals surface area contributed by atoms with Crippen molar-refractivity contribution in [2.75, 3.05) is 12.3 Å². The highest BCUT2D eigenvalue weighted by molar-refractivity contribution is 9.10. The molecule has 0 spiro atoms. The van der Waals surface area contributed by atoms with Gasteiger partial charge in [0, 0.05) is 23.0 Å². The van der Waals surface area contributed by atoms with Crippen molar-refractivity contribution in [3.8, 4) is 0 Å². The topological polar surface area (TPSA) is 42.0 Å². The van der Waals surface area contributed by atoms with E-state index < -0.39 is 22.9 Å². The minimum absolute atomic E-state index is 0.222. The van der Waals surface area contributed by atoms with E-state index in [4.69, 9.17) is 0 Å². The average molecular weight is 347 g/mol. The summed E-state index contributed by atoms with van der Waals surface area (Å²) in [5.74, 6) is -2.03. The zero-order valence-corrected chi connectivity index (χ0v) is 11.1. The molecule has 0 bridgehead atoms. The van der Waals surface area contributed by atoms with Crippen molar-refractivity contribution in [1.82, 2.24) is 10.3 Å². The van der Waals surface area contributed by atoms with Crippen LogP contribution < -0.4 is 5.32 Å². The van der Waals surface area contributed by atoms with Crippen LogP contribution in [0.3, 0.4) is 0 Å². The smallest absolute Gasteiger partial charge is 0.350 e. The normalized spacial score (nSPS) is 11.4. The SMILES string of the molecule is O=C(NCCSC(F)(F)F)c1ncc(Br)cc1F. The van der Waals surface area contributed by atoms with Gasteiger partial charge in [-0.3, -0.25) is 4.79 Å². The van der Waals surface area contributed by atoms with Gasteiger partial charge >= 0.3 is 5.51 Å². The molecule has 18 heavy (non-hydrogen) atoms. The molecule has 1 rings (SSSR count). The predicted molar refractivity (Wildman–Crippen MR) is 62.7 cm³/mol. The molecule has 0 atom stereocenters. The summed E-state index contributed by atoms with van der Waals surface area (Å²) in [6, 6.07) is 1.05. The molecule has 0 saturated heterocycles. The third-order valence-electron chi connectivity index (χ3n) is 1.68. The zero-order chi connectivity index (χ0) is 13.8. The minimum Gasteiger partial charge on any atom is -0.350 e. The maximum absolute atomic E-state index is 13.3. The molecular formula is C9H7BrF4N2OS. The molecule has 0 saturated carbocycles. The Balaban J connectivity index is 2.46. The van der Waals surface area contributed by atoms with Crippen molar-refractivity contribution in [2.24, 2.45) is 0 Å². The molecule has 0 aromatic carbocycles. The van der Waals surface area contributed by atoms with Crippen LogP contribution in [0.2, 0.25) is 0 Å². The van der Waals surface area contributed by atoms with Crippen LogP contribution in [-0.4, -0.2) is 28.7 Å². The van der Waals surface area contributed by atoms with Gasteiger partial charge in [-0.05, 0) is 33.8 Å². The first-order chi connectivity index (χ1) is 8.29. The lowest BCUT2D eigenvalue weighted by molar-refractivity contribution is -0.0327. The minimum atomic E-state index is -4.34. The fourth-order valence-corrected chi connectivity index (χ4v) is 1.74. The summed E-state index contributed by atoms with van der Waals surface area (Å²) in [6.07, 6.45) is 1.22. The number of rotatable bonds is 4. The van der Waals surface area contributed by atoms with E-state index in [-0.39, 0.29) is 24.1 Å². The van der Waals surface area contributed by atoms with Crippen molar-refractivity contribution in [2.45, 2.75) is 5.51 Å². The van der Waals surface area contributed by atoms with Gasteiger partial charge in [0.05, 0.1) is 0 Å². The van der Waals surface area contributed by atoms with Crippen LogP contribution in [0, 0.1) is 5.82 Å². The van der Waals surface area contributed by atoms with Crippen LogP contribution in [0.5, 0.6) is 0 Å². The van der Waals surface area contributed by atoms with Crippen LogP contribution in [0.4, 0.5) is 17.6 Å². The summed E-state index contributed by atoms with van der Waals surface area (Å²) in [7, 11) is 0. The third-order valence-corrected chi connectivity index (χ3v) is 2.85. The Bertz CT molecular complexity index is 441. The van der Waals surface area contributed by atoms with Gasteiger partial charge < -0.3 is 5.32 Å². The highest BCUT2D eigenvalue weighted by Gasteiger charge is 2.27. The van der Waals surface area contributed by atoms with Crippen LogP contribution in [0.25, 0.3) is 0 Å². The quantitative estimate of drug-likeness (QED) is 0.673. The number of carbonyl (C=O) groups excluding carboxylic acids is 1. The van der Waals surface area contributed by atoms with Gasteiger partial charge in [0.1, 0.15) is 0 Å². The van der Waals surface area contributed by atoms with Gasteiger partial charge in [0.2, 0.25) is 0 Å².